The summed E-state index contributed by atoms with van der Waals surface area (Å²) in [5, 5.41) is 2.90. The number of thioether (sulfide) groups is 1. The molecule has 5 heteroatoms. The second kappa shape index (κ2) is 8.17. The molecule has 0 spiro atoms. The average Bonchev–Trinajstić information content (AvgIpc) is 2.96. The van der Waals surface area contributed by atoms with E-state index in [4.69, 9.17) is 0 Å². The minimum atomic E-state index is -0.144. The van der Waals surface area contributed by atoms with Crippen LogP contribution in [0.25, 0.3) is 0 Å². The summed E-state index contributed by atoms with van der Waals surface area (Å²) in [5.41, 5.74) is 4.94. The molecule has 1 N–H and O–H groups in total. The van der Waals surface area contributed by atoms with Gasteiger partial charge in [-0.15, -0.1) is 11.8 Å². The molecule has 4 nitrogen and oxygen atoms in total. The Kier molecular flexibility index (Phi) is 5.90. The number of nitrogens with one attached hydrogen (secondary N) is 1. The lowest BCUT2D eigenvalue weighted by molar-refractivity contribution is -0.117. The third-order valence-corrected chi connectivity index (χ3v) is 5.77. The molecule has 1 saturated heterocycles. The van der Waals surface area contributed by atoms with Crippen molar-refractivity contribution in [2.24, 2.45) is 5.92 Å². The standard InChI is InChI=1S/C22H26N2O2S/c1-14(2)11-20(25)23-18-8-6-5-7-17(18)22-24(21(26)13-27-22)19-10-9-15(3)12-16(19)4/h5-10,12,14,22H,11,13H2,1-4H3,(H,23,25)/t22-/m0/s1. The maximum atomic E-state index is 12.7. The van der Waals surface area contributed by atoms with E-state index in [1.807, 2.05) is 69.0 Å². The van der Waals surface area contributed by atoms with Gasteiger partial charge in [-0.25, -0.2) is 0 Å². The first-order chi connectivity index (χ1) is 12.9. The molecule has 3 rings (SSSR count). The predicted octanol–water partition coefficient (Wildman–Crippen LogP) is 5.07. The zero-order chi connectivity index (χ0) is 19.6. The molecule has 0 radical (unpaired) electrons. The van der Waals surface area contributed by atoms with Crippen LogP contribution in [0.1, 0.15) is 42.3 Å². The highest BCUT2D eigenvalue weighted by Gasteiger charge is 2.36. The Morgan fingerprint density at radius 3 is 2.67 bits per heavy atom. The van der Waals surface area contributed by atoms with Crippen molar-refractivity contribution in [3.05, 3.63) is 59.2 Å². The van der Waals surface area contributed by atoms with Gasteiger partial charge in [0.2, 0.25) is 11.8 Å². The van der Waals surface area contributed by atoms with E-state index in [1.54, 1.807) is 11.8 Å². The fourth-order valence-corrected chi connectivity index (χ4v) is 4.59. The number of aryl methyl sites for hydroxylation is 2. The number of hydrogen-bond donors (Lipinski definition) is 1. The minimum Gasteiger partial charge on any atom is -0.326 e. The van der Waals surface area contributed by atoms with E-state index in [0.717, 1.165) is 22.5 Å². The molecule has 142 valence electrons. The van der Waals surface area contributed by atoms with Crippen LogP contribution in [0.2, 0.25) is 0 Å². The molecule has 1 aliphatic rings. The van der Waals surface area contributed by atoms with Gasteiger partial charge in [0.1, 0.15) is 5.37 Å². The molecule has 2 aromatic rings. The van der Waals surface area contributed by atoms with Crippen molar-refractivity contribution in [3.63, 3.8) is 0 Å². The smallest absolute Gasteiger partial charge is 0.238 e. The van der Waals surface area contributed by atoms with Crippen LogP contribution in [-0.4, -0.2) is 17.6 Å². The van der Waals surface area contributed by atoms with Gasteiger partial charge in [0.05, 0.1) is 5.75 Å². The summed E-state index contributed by atoms with van der Waals surface area (Å²) in [7, 11) is 0. The highest BCUT2D eigenvalue weighted by molar-refractivity contribution is 8.00. The lowest BCUT2D eigenvalue weighted by Gasteiger charge is -2.27. The molecule has 1 fully saturated rings. The van der Waals surface area contributed by atoms with E-state index in [2.05, 4.69) is 11.4 Å². The molecule has 0 aromatic heterocycles. The quantitative estimate of drug-likeness (QED) is 0.786. The first-order valence-electron chi connectivity index (χ1n) is 9.26. The van der Waals surface area contributed by atoms with E-state index in [1.165, 1.54) is 5.56 Å². The van der Waals surface area contributed by atoms with Crippen molar-refractivity contribution < 1.29 is 9.59 Å². The van der Waals surface area contributed by atoms with E-state index < -0.39 is 0 Å². The van der Waals surface area contributed by atoms with E-state index in [9.17, 15) is 9.59 Å². The van der Waals surface area contributed by atoms with Crippen molar-refractivity contribution in [1.82, 2.24) is 0 Å². The molecule has 0 aliphatic carbocycles. The van der Waals surface area contributed by atoms with Crippen LogP contribution >= 0.6 is 11.8 Å². The Hall–Kier alpha value is -2.27. The lowest BCUT2D eigenvalue weighted by Crippen LogP contribution is -2.29. The van der Waals surface area contributed by atoms with Crippen LogP contribution in [0.5, 0.6) is 0 Å². The second-order valence-electron chi connectivity index (χ2n) is 7.45. The topological polar surface area (TPSA) is 49.4 Å². The fourth-order valence-electron chi connectivity index (χ4n) is 3.39. The van der Waals surface area contributed by atoms with Crippen molar-refractivity contribution in [1.29, 1.82) is 0 Å². The molecular weight excluding hydrogens is 356 g/mol. The number of nitrogens with zero attached hydrogens (tertiary/aromatic N) is 1. The molecule has 1 atom stereocenters. The van der Waals surface area contributed by atoms with Crippen LogP contribution in [-0.2, 0) is 9.59 Å². The Labute approximate surface area is 165 Å². The number of carbonyl (C=O) groups is 2. The highest BCUT2D eigenvalue weighted by Crippen LogP contribution is 2.45. The van der Waals surface area contributed by atoms with Gasteiger partial charge in [0.15, 0.2) is 0 Å². The monoisotopic (exact) mass is 382 g/mol. The number of hydrogen-bond acceptors (Lipinski definition) is 3. The zero-order valence-electron chi connectivity index (χ0n) is 16.3. The number of carbonyl (C=O) groups excluding carboxylic acids is 2. The minimum absolute atomic E-state index is 0.00448. The van der Waals surface area contributed by atoms with Crippen molar-refractivity contribution >= 4 is 35.0 Å². The van der Waals surface area contributed by atoms with E-state index in [0.29, 0.717) is 18.1 Å². The fraction of sp³-hybridized carbons (Fsp3) is 0.364. The normalized spacial score (nSPS) is 16.9. The SMILES string of the molecule is Cc1ccc(N2C(=O)CS[C@H]2c2ccccc2NC(=O)CC(C)C)c(C)c1. The maximum Gasteiger partial charge on any atom is 0.238 e. The van der Waals surface area contributed by atoms with Gasteiger partial charge in [0.25, 0.3) is 0 Å². The summed E-state index contributed by atoms with van der Waals surface area (Å²) in [6, 6.07) is 13.9. The summed E-state index contributed by atoms with van der Waals surface area (Å²) in [5.74, 6) is 0.836. The van der Waals surface area contributed by atoms with Crippen LogP contribution in [0.3, 0.4) is 0 Å². The Morgan fingerprint density at radius 2 is 1.96 bits per heavy atom. The number of benzene rings is 2. The molecule has 0 unspecified atom stereocenters. The molecule has 1 aliphatic heterocycles. The van der Waals surface area contributed by atoms with Gasteiger partial charge in [-0.2, -0.15) is 0 Å². The van der Waals surface area contributed by atoms with Gasteiger partial charge in [-0.3, -0.25) is 14.5 Å². The third-order valence-electron chi connectivity index (χ3n) is 4.57. The number of para-hydroxylation sites is 1. The summed E-state index contributed by atoms with van der Waals surface area (Å²) >= 11 is 1.60. The predicted molar refractivity (Wildman–Crippen MR) is 113 cm³/mol. The molecule has 2 aromatic carbocycles. The zero-order valence-corrected chi connectivity index (χ0v) is 17.1. The third kappa shape index (κ3) is 4.35. The van der Waals surface area contributed by atoms with Crippen molar-refractivity contribution in [3.8, 4) is 0 Å². The van der Waals surface area contributed by atoms with Gasteiger partial charge in [-0.1, -0.05) is 49.7 Å². The van der Waals surface area contributed by atoms with Crippen molar-refractivity contribution in [2.45, 2.75) is 39.5 Å². The first-order valence-corrected chi connectivity index (χ1v) is 10.3. The Bertz CT molecular complexity index is 863. The summed E-state index contributed by atoms with van der Waals surface area (Å²) < 4.78 is 0. The molecule has 1 heterocycles. The largest absolute Gasteiger partial charge is 0.326 e. The van der Waals surface area contributed by atoms with Crippen LogP contribution in [0, 0.1) is 19.8 Å². The number of rotatable bonds is 5. The average molecular weight is 383 g/mol. The maximum absolute atomic E-state index is 12.7. The highest BCUT2D eigenvalue weighted by atomic mass is 32.2. The van der Waals surface area contributed by atoms with Crippen LogP contribution in [0.15, 0.2) is 42.5 Å². The van der Waals surface area contributed by atoms with Crippen molar-refractivity contribution in [2.75, 3.05) is 16.0 Å². The van der Waals surface area contributed by atoms with Gasteiger partial charge in [0, 0.05) is 23.4 Å². The molecule has 0 bridgehead atoms. The van der Waals surface area contributed by atoms with Crippen LogP contribution < -0.4 is 10.2 Å². The second-order valence-corrected chi connectivity index (χ2v) is 8.52. The number of anilines is 2. The van der Waals surface area contributed by atoms with Crippen LogP contribution in [0.4, 0.5) is 11.4 Å². The van der Waals surface area contributed by atoms with Gasteiger partial charge < -0.3 is 5.32 Å². The van der Waals surface area contributed by atoms with E-state index in [-0.39, 0.29) is 17.2 Å². The number of amides is 2. The summed E-state index contributed by atoms with van der Waals surface area (Å²) in [6.45, 7) is 8.14. The Balaban J connectivity index is 1.95. The van der Waals surface area contributed by atoms with E-state index >= 15 is 0 Å². The summed E-state index contributed by atoms with van der Waals surface area (Å²) in [4.78, 5) is 26.9. The Morgan fingerprint density at radius 1 is 1.22 bits per heavy atom. The lowest BCUT2D eigenvalue weighted by atomic mass is 10.1. The van der Waals surface area contributed by atoms with Gasteiger partial charge in [-0.05, 0) is 37.5 Å². The van der Waals surface area contributed by atoms with Gasteiger partial charge >= 0.3 is 0 Å². The molecular formula is C22H26N2O2S. The molecule has 2 amide bonds. The molecule has 0 saturated carbocycles. The first kappa shape index (κ1) is 19.5. The summed E-state index contributed by atoms with van der Waals surface area (Å²) in [6.07, 6.45) is 0.478. The molecule has 27 heavy (non-hydrogen) atoms.